The second kappa shape index (κ2) is 9.09. The summed E-state index contributed by atoms with van der Waals surface area (Å²) in [6.07, 6.45) is 2.08. The molecule has 6 heteroatoms. The van der Waals surface area contributed by atoms with Gasteiger partial charge in [0.1, 0.15) is 23.2 Å². The highest BCUT2D eigenvalue weighted by Crippen LogP contribution is 2.30. The Morgan fingerprint density at radius 2 is 1.81 bits per heavy atom. The number of nitriles is 1. The zero-order chi connectivity index (χ0) is 22.7. The van der Waals surface area contributed by atoms with Gasteiger partial charge in [0.05, 0.1) is 0 Å². The molecule has 1 aromatic heterocycles. The predicted molar refractivity (Wildman–Crippen MR) is 122 cm³/mol. The lowest BCUT2D eigenvalue weighted by molar-refractivity contribution is -0.140. The molecule has 0 N–H and O–H groups in total. The standard InChI is InChI=1S/C26H19ClN2O3/c1-17-22(15-21-10-11-24(32-21)19-8-5-9-20(27)14-19)25(30)29(26(31)23(17)16-28)13-12-18-6-3-2-4-7-18/h2-11,14-15H,12-13H2,1H3. The molecular weight excluding hydrogens is 424 g/mol. The second-order valence-electron chi connectivity index (χ2n) is 7.38. The van der Waals surface area contributed by atoms with Gasteiger partial charge in [-0.05, 0) is 54.8 Å². The largest absolute Gasteiger partial charge is 0.457 e. The van der Waals surface area contributed by atoms with E-state index in [9.17, 15) is 14.9 Å². The molecule has 0 aliphatic carbocycles. The van der Waals surface area contributed by atoms with Crippen LogP contribution >= 0.6 is 11.6 Å². The van der Waals surface area contributed by atoms with Gasteiger partial charge in [-0.15, -0.1) is 0 Å². The van der Waals surface area contributed by atoms with Gasteiger partial charge >= 0.3 is 0 Å². The highest BCUT2D eigenvalue weighted by Gasteiger charge is 2.35. The van der Waals surface area contributed by atoms with Gasteiger partial charge < -0.3 is 4.42 Å². The zero-order valence-corrected chi connectivity index (χ0v) is 18.1. The molecule has 158 valence electrons. The minimum atomic E-state index is -0.567. The summed E-state index contributed by atoms with van der Waals surface area (Å²) in [5, 5.41) is 10.1. The van der Waals surface area contributed by atoms with E-state index in [1.165, 1.54) is 0 Å². The molecule has 0 radical (unpaired) electrons. The van der Waals surface area contributed by atoms with Crippen molar-refractivity contribution in [3.8, 4) is 17.4 Å². The first-order valence-corrected chi connectivity index (χ1v) is 10.4. The van der Waals surface area contributed by atoms with Gasteiger partial charge in [0.15, 0.2) is 0 Å². The Kier molecular flexibility index (Phi) is 6.07. The molecule has 2 aromatic carbocycles. The Morgan fingerprint density at radius 3 is 2.53 bits per heavy atom. The van der Waals surface area contributed by atoms with Crippen molar-refractivity contribution in [2.75, 3.05) is 6.54 Å². The summed E-state index contributed by atoms with van der Waals surface area (Å²) < 4.78 is 5.89. The Bertz CT molecular complexity index is 1300. The van der Waals surface area contributed by atoms with Gasteiger partial charge in [-0.25, -0.2) is 0 Å². The maximum absolute atomic E-state index is 13.2. The van der Waals surface area contributed by atoms with Gasteiger partial charge in [0, 0.05) is 22.7 Å². The van der Waals surface area contributed by atoms with E-state index in [-0.39, 0.29) is 17.7 Å². The number of halogens is 1. The highest BCUT2D eigenvalue weighted by atomic mass is 35.5. The molecule has 0 unspecified atom stereocenters. The highest BCUT2D eigenvalue weighted by molar-refractivity contribution is 6.30. The van der Waals surface area contributed by atoms with Crippen LogP contribution in [0.5, 0.6) is 0 Å². The average Bonchev–Trinajstić information content (AvgIpc) is 3.26. The van der Waals surface area contributed by atoms with E-state index in [4.69, 9.17) is 16.0 Å². The molecule has 0 saturated carbocycles. The first kappa shape index (κ1) is 21.4. The van der Waals surface area contributed by atoms with Gasteiger partial charge in [0.25, 0.3) is 11.8 Å². The summed E-state index contributed by atoms with van der Waals surface area (Å²) in [5.41, 5.74) is 2.38. The van der Waals surface area contributed by atoms with Gasteiger partial charge in [0.2, 0.25) is 0 Å². The summed E-state index contributed by atoms with van der Waals surface area (Å²) in [6, 6.07) is 22.3. The van der Waals surface area contributed by atoms with Crippen LogP contribution in [0.2, 0.25) is 5.02 Å². The zero-order valence-electron chi connectivity index (χ0n) is 17.3. The SMILES string of the molecule is CC1=C(C#N)C(=O)N(CCc2ccccc2)C(=O)C1=Cc1ccc(-c2cccc(Cl)c2)o1. The maximum Gasteiger partial charge on any atom is 0.271 e. The van der Waals surface area contributed by atoms with E-state index in [2.05, 4.69) is 0 Å². The van der Waals surface area contributed by atoms with Crippen molar-refractivity contribution in [2.45, 2.75) is 13.3 Å². The Hall–Kier alpha value is -3.88. The predicted octanol–water partition coefficient (Wildman–Crippen LogP) is 5.43. The lowest BCUT2D eigenvalue weighted by Crippen LogP contribution is -2.43. The fourth-order valence-electron chi connectivity index (χ4n) is 3.59. The third-order valence-electron chi connectivity index (χ3n) is 5.31. The van der Waals surface area contributed by atoms with Crippen molar-refractivity contribution < 1.29 is 14.0 Å². The van der Waals surface area contributed by atoms with E-state index in [0.29, 0.717) is 28.5 Å². The van der Waals surface area contributed by atoms with Crippen LogP contribution in [0.4, 0.5) is 0 Å². The van der Waals surface area contributed by atoms with Crippen LogP contribution in [-0.4, -0.2) is 23.3 Å². The van der Waals surface area contributed by atoms with Crippen LogP contribution in [0.1, 0.15) is 18.2 Å². The number of hydrogen-bond donors (Lipinski definition) is 0. The molecule has 0 fully saturated rings. The van der Waals surface area contributed by atoms with Crippen molar-refractivity contribution >= 4 is 29.5 Å². The fourth-order valence-corrected chi connectivity index (χ4v) is 3.78. The summed E-state index contributed by atoms with van der Waals surface area (Å²) in [5.74, 6) is 0.0318. The summed E-state index contributed by atoms with van der Waals surface area (Å²) in [4.78, 5) is 27.1. The van der Waals surface area contributed by atoms with Gasteiger partial charge in [-0.3, -0.25) is 14.5 Å². The van der Waals surface area contributed by atoms with Gasteiger partial charge in [-0.2, -0.15) is 5.26 Å². The van der Waals surface area contributed by atoms with E-state index in [1.54, 1.807) is 37.3 Å². The van der Waals surface area contributed by atoms with Crippen molar-refractivity contribution in [3.63, 3.8) is 0 Å². The lowest BCUT2D eigenvalue weighted by Gasteiger charge is -2.27. The number of rotatable bonds is 5. The number of carbonyl (C=O) groups is 2. The van der Waals surface area contributed by atoms with Crippen molar-refractivity contribution in [1.82, 2.24) is 4.90 Å². The first-order chi connectivity index (χ1) is 15.5. The molecule has 1 aliphatic heterocycles. The molecule has 0 spiro atoms. The monoisotopic (exact) mass is 442 g/mol. The van der Waals surface area contributed by atoms with Crippen LogP contribution in [0.3, 0.4) is 0 Å². The van der Waals surface area contributed by atoms with E-state index >= 15 is 0 Å². The normalized spacial score (nSPS) is 15.4. The molecule has 5 nitrogen and oxygen atoms in total. The average molecular weight is 443 g/mol. The van der Waals surface area contributed by atoms with E-state index in [0.717, 1.165) is 16.0 Å². The van der Waals surface area contributed by atoms with Crippen LogP contribution in [0, 0.1) is 11.3 Å². The Labute approximate surface area is 190 Å². The third kappa shape index (κ3) is 4.27. The molecule has 32 heavy (non-hydrogen) atoms. The second-order valence-corrected chi connectivity index (χ2v) is 7.82. The quantitative estimate of drug-likeness (QED) is 0.389. The topological polar surface area (TPSA) is 74.3 Å². The summed E-state index contributed by atoms with van der Waals surface area (Å²) in [7, 11) is 0. The molecule has 2 amide bonds. The molecule has 2 heterocycles. The number of hydrogen-bond acceptors (Lipinski definition) is 4. The van der Waals surface area contributed by atoms with Crippen molar-refractivity contribution in [1.29, 1.82) is 5.26 Å². The van der Waals surface area contributed by atoms with Gasteiger partial charge in [-0.1, -0.05) is 54.1 Å². The maximum atomic E-state index is 13.2. The Balaban J connectivity index is 1.65. The molecular formula is C26H19ClN2O3. The summed E-state index contributed by atoms with van der Waals surface area (Å²) >= 11 is 6.06. The van der Waals surface area contributed by atoms with Crippen molar-refractivity contribution in [3.05, 3.63) is 99.8 Å². The van der Waals surface area contributed by atoms with Crippen LogP contribution in [0.25, 0.3) is 17.4 Å². The number of furan rings is 1. The third-order valence-corrected chi connectivity index (χ3v) is 5.55. The molecule has 0 bridgehead atoms. The van der Waals surface area contributed by atoms with E-state index < -0.39 is 11.8 Å². The number of carbonyl (C=O) groups excluding carboxylic acids is 2. The van der Waals surface area contributed by atoms with Crippen LogP contribution in [0.15, 0.2) is 87.9 Å². The van der Waals surface area contributed by atoms with Crippen molar-refractivity contribution in [2.24, 2.45) is 0 Å². The first-order valence-electron chi connectivity index (χ1n) is 10.1. The summed E-state index contributed by atoms with van der Waals surface area (Å²) in [6.45, 7) is 1.79. The number of amides is 2. The Morgan fingerprint density at radius 1 is 1.03 bits per heavy atom. The number of nitrogens with zero attached hydrogens (tertiary/aromatic N) is 2. The fraction of sp³-hybridized carbons (Fsp3) is 0.115. The number of benzene rings is 2. The minimum Gasteiger partial charge on any atom is -0.457 e. The van der Waals surface area contributed by atoms with Crippen LogP contribution < -0.4 is 0 Å². The molecule has 0 atom stereocenters. The van der Waals surface area contributed by atoms with Crippen LogP contribution in [-0.2, 0) is 16.0 Å². The molecule has 0 saturated heterocycles. The molecule has 4 rings (SSSR count). The molecule has 1 aliphatic rings. The lowest BCUT2D eigenvalue weighted by atomic mass is 9.94. The smallest absolute Gasteiger partial charge is 0.271 e. The molecule has 3 aromatic rings. The van der Waals surface area contributed by atoms with E-state index in [1.807, 2.05) is 48.5 Å². The number of imide groups is 1. The minimum absolute atomic E-state index is 0.0365.